The van der Waals surface area contributed by atoms with Crippen LogP contribution in [-0.2, 0) is 9.53 Å². The summed E-state index contributed by atoms with van der Waals surface area (Å²) < 4.78 is 10.2. The number of esters is 1. The first-order chi connectivity index (χ1) is 13.3. The van der Waals surface area contributed by atoms with E-state index in [1.54, 1.807) is 18.2 Å². The molecule has 0 unspecified atom stereocenters. The lowest BCUT2D eigenvalue weighted by Crippen LogP contribution is -2.24. The van der Waals surface area contributed by atoms with Crippen LogP contribution in [0.5, 0.6) is 5.75 Å². The lowest BCUT2D eigenvalue weighted by Gasteiger charge is -2.10. The van der Waals surface area contributed by atoms with E-state index in [2.05, 4.69) is 5.32 Å². The fourth-order valence-corrected chi connectivity index (χ4v) is 2.83. The average molecular weight is 382 g/mol. The van der Waals surface area contributed by atoms with E-state index in [1.807, 2.05) is 6.92 Å². The molecule has 1 N–H and O–H groups in total. The fourth-order valence-electron chi connectivity index (χ4n) is 2.83. The highest BCUT2D eigenvalue weighted by molar-refractivity contribution is 6.21. The smallest absolute Gasteiger partial charge is 0.342 e. The number of carbonyl (C=O) groups is 4. The summed E-state index contributed by atoms with van der Waals surface area (Å²) in [7, 11) is 2.83. The van der Waals surface area contributed by atoms with Crippen molar-refractivity contribution in [2.45, 2.75) is 6.92 Å². The van der Waals surface area contributed by atoms with Crippen LogP contribution in [0.1, 0.15) is 36.6 Å². The summed E-state index contributed by atoms with van der Waals surface area (Å²) >= 11 is 0. The second kappa shape index (κ2) is 7.51. The topological polar surface area (TPSA) is 102 Å². The molecule has 3 rings (SSSR count). The highest BCUT2D eigenvalue weighted by atomic mass is 16.5. The van der Waals surface area contributed by atoms with Crippen molar-refractivity contribution < 1.29 is 28.7 Å². The zero-order valence-electron chi connectivity index (χ0n) is 15.6. The Bertz CT molecular complexity index is 998. The van der Waals surface area contributed by atoms with E-state index >= 15 is 0 Å². The van der Waals surface area contributed by atoms with Crippen LogP contribution in [0, 0.1) is 6.92 Å². The first kappa shape index (κ1) is 19.1. The van der Waals surface area contributed by atoms with Crippen LogP contribution in [0.3, 0.4) is 0 Å². The van der Waals surface area contributed by atoms with Gasteiger partial charge in [-0.1, -0.05) is 11.6 Å². The van der Waals surface area contributed by atoms with Crippen LogP contribution < -0.4 is 10.1 Å². The van der Waals surface area contributed by atoms with Crippen molar-refractivity contribution in [2.75, 3.05) is 26.1 Å². The lowest BCUT2D eigenvalue weighted by atomic mass is 10.1. The van der Waals surface area contributed by atoms with Crippen LogP contribution in [0.15, 0.2) is 36.4 Å². The van der Waals surface area contributed by atoms with Crippen molar-refractivity contribution in [3.8, 4) is 5.75 Å². The molecule has 0 radical (unpaired) electrons. The maximum atomic E-state index is 12.2. The summed E-state index contributed by atoms with van der Waals surface area (Å²) in [5, 5.41) is 2.54. The number of benzene rings is 2. The number of hydrogen-bond donors (Lipinski definition) is 1. The van der Waals surface area contributed by atoms with Gasteiger partial charge in [-0.3, -0.25) is 19.3 Å². The third kappa shape index (κ3) is 3.57. The lowest BCUT2D eigenvalue weighted by molar-refractivity contribution is -0.119. The van der Waals surface area contributed by atoms with Gasteiger partial charge in [-0.05, 0) is 37.3 Å². The normalized spacial score (nSPS) is 12.6. The molecule has 1 aliphatic rings. The SMILES string of the molecule is COc1ccc(C)cc1C(=O)OCC(=O)Nc1ccc2c(c1)C(=O)N(C)C2=O. The largest absolute Gasteiger partial charge is 0.496 e. The molecule has 0 aliphatic carbocycles. The number of fused-ring (bicyclic) bond motifs is 1. The number of anilines is 1. The summed E-state index contributed by atoms with van der Waals surface area (Å²) in [5.41, 5.74) is 1.89. The average Bonchev–Trinajstić information content (AvgIpc) is 2.90. The van der Waals surface area contributed by atoms with Crippen molar-refractivity contribution in [3.63, 3.8) is 0 Å². The Morgan fingerprint density at radius 2 is 1.75 bits per heavy atom. The quantitative estimate of drug-likeness (QED) is 0.627. The maximum absolute atomic E-state index is 12.2. The van der Waals surface area contributed by atoms with Crippen molar-refractivity contribution in [2.24, 2.45) is 0 Å². The molecule has 8 nitrogen and oxygen atoms in total. The van der Waals surface area contributed by atoms with Gasteiger partial charge in [0.05, 0.1) is 18.2 Å². The minimum absolute atomic E-state index is 0.215. The highest BCUT2D eigenvalue weighted by Crippen LogP contribution is 2.25. The van der Waals surface area contributed by atoms with Gasteiger partial charge in [0.15, 0.2) is 6.61 Å². The zero-order valence-corrected chi connectivity index (χ0v) is 15.6. The van der Waals surface area contributed by atoms with Crippen molar-refractivity contribution in [1.29, 1.82) is 0 Å². The molecule has 0 aromatic heterocycles. The number of aryl methyl sites for hydroxylation is 1. The Morgan fingerprint density at radius 1 is 1.04 bits per heavy atom. The fraction of sp³-hybridized carbons (Fsp3) is 0.200. The van der Waals surface area contributed by atoms with Gasteiger partial charge in [-0.15, -0.1) is 0 Å². The van der Waals surface area contributed by atoms with Crippen molar-refractivity contribution in [3.05, 3.63) is 58.7 Å². The third-order valence-electron chi connectivity index (χ3n) is 4.28. The zero-order chi connectivity index (χ0) is 20.4. The molecule has 8 heteroatoms. The molecule has 0 bridgehead atoms. The number of amides is 3. The summed E-state index contributed by atoms with van der Waals surface area (Å²) in [6, 6.07) is 9.44. The van der Waals surface area contributed by atoms with E-state index in [0.29, 0.717) is 11.4 Å². The van der Waals surface area contributed by atoms with Crippen molar-refractivity contribution in [1.82, 2.24) is 4.90 Å². The first-order valence-electron chi connectivity index (χ1n) is 8.40. The number of ether oxygens (including phenoxy) is 2. The molecule has 0 atom stereocenters. The van der Waals surface area contributed by atoms with E-state index in [4.69, 9.17) is 9.47 Å². The molecule has 2 aromatic carbocycles. The Hall–Kier alpha value is -3.68. The van der Waals surface area contributed by atoms with Gasteiger partial charge in [-0.25, -0.2) is 4.79 Å². The van der Waals surface area contributed by atoms with Gasteiger partial charge in [0.25, 0.3) is 17.7 Å². The third-order valence-corrected chi connectivity index (χ3v) is 4.28. The van der Waals surface area contributed by atoms with Crippen molar-refractivity contribution >= 4 is 29.4 Å². The molecule has 0 saturated carbocycles. The maximum Gasteiger partial charge on any atom is 0.342 e. The Labute approximate surface area is 161 Å². The van der Waals surface area contributed by atoms with E-state index in [1.165, 1.54) is 32.4 Å². The summed E-state index contributed by atoms with van der Waals surface area (Å²) in [6.45, 7) is 1.31. The molecule has 0 saturated heterocycles. The van der Waals surface area contributed by atoms with Crippen LogP contribution in [0.4, 0.5) is 5.69 Å². The minimum atomic E-state index is -0.688. The molecule has 28 heavy (non-hydrogen) atoms. The number of methoxy groups -OCH3 is 1. The molecule has 1 aliphatic heterocycles. The predicted molar refractivity (Wildman–Crippen MR) is 99.5 cm³/mol. The van der Waals surface area contributed by atoms with Gasteiger partial charge in [0.1, 0.15) is 11.3 Å². The summed E-state index contributed by atoms with van der Waals surface area (Å²) in [4.78, 5) is 49.2. The van der Waals surface area contributed by atoms with E-state index in [9.17, 15) is 19.2 Å². The molecule has 3 amide bonds. The summed E-state index contributed by atoms with van der Waals surface area (Å²) in [5.74, 6) is -1.74. The highest BCUT2D eigenvalue weighted by Gasteiger charge is 2.32. The number of imide groups is 1. The molecule has 2 aromatic rings. The monoisotopic (exact) mass is 382 g/mol. The molecule has 0 fully saturated rings. The Morgan fingerprint density at radius 3 is 2.46 bits per heavy atom. The number of hydrogen-bond acceptors (Lipinski definition) is 6. The van der Waals surface area contributed by atoms with Gasteiger partial charge < -0.3 is 14.8 Å². The standard InChI is InChI=1S/C20H18N2O6/c1-11-4-7-16(27-3)15(8-11)20(26)28-10-17(23)21-12-5-6-13-14(9-12)19(25)22(2)18(13)24/h4-9H,10H2,1-3H3,(H,21,23). The number of rotatable bonds is 5. The van der Waals surface area contributed by atoms with Gasteiger partial charge in [-0.2, -0.15) is 0 Å². The van der Waals surface area contributed by atoms with Gasteiger partial charge in [0.2, 0.25) is 0 Å². The Balaban J connectivity index is 1.64. The van der Waals surface area contributed by atoms with Crippen LogP contribution in [-0.4, -0.2) is 49.4 Å². The Kier molecular flexibility index (Phi) is 5.12. The van der Waals surface area contributed by atoms with Crippen LogP contribution in [0.2, 0.25) is 0 Å². The molecular formula is C20H18N2O6. The summed E-state index contributed by atoms with van der Waals surface area (Å²) in [6.07, 6.45) is 0. The molecule has 0 spiro atoms. The molecule has 1 heterocycles. The van der Waals surface area contributed by atoms with Gasteiger partial charge in [0, 0.05) is 12.7 Å². The second-order valence-corrected chi connectivity index (χ2v) is 6.26. The first-order valence-corrected chi connectivity index (χ1v) is 8.40. The number of nitrogens with one attached hydrogen (secondary N) is 1. The van der Waals surface area contributed by atoms with Crippen LogP contribution in [0.25, 0.3) is 0 Å². The van der Waals surface area contributed by atoms with E-state index in [0.717, 1.165) is 10.5 Å². The second-order valence-electron chi connectivity index (χ2n) is 6.26. The minimum Gasteiger partial charge on any atom is -0.496 e. The van der Waals surface area contributed by atoms with E-state index in [-0.39, 0.29) is 22.6 Å². The molecule has 144 valence electrons. The van der Waals surface area contributed by atoms with E-state index < -0.39 is 24.4 Å². The molecular weight excluding hydrogens is 364 g/mol. The van der Waals surface area contributed by atoms with Gasteiger partial charge >= 0.3 is 5.97 Å². The number of nitrogens with zero attached hydrogens (tertiary/aromatic N) is 1. The predicted octanol–water partition coefficient (Wildman–Crippen LogP) is 2.02. The number of carbonyl (C=O) groups excluding carboxylic acids is 4. The van der Waals surface area contributed by atoms with Crippen LogP contribution >= 0.6 is 0 Å².